The Morgan fingerprint density at radius 1 is 0.440 bits per heavy atom. The second-order valence-corrected chi connectivity index (χ2v) is 8.47. The molecule has 0 aromatic heterocycles. The van der Waals surface area contributed by atoms with E-state index in [9.17, 15) is 0 Å². The fourth-order valence-electron chi connectivity index (χ4n) is 3.53. The maximum absolute atomic E-state index is 5.40. The van der Waals surface area contributed by atoms with Gasteiger partial charge < -0.3 is 4.43 Å². The SMILES string of the molecule is CCCCCCCCCCCCCCCCCCCCCCO[Si]C. The van der Waals surface area contributed by atoms with Crippen LogP contribution in [0.15, 0.2) is 0 Å². The zero-order valence-corrected chi connectivity index (χ0v) is 18.8. The molecule has 0 fully saturated rings. The van der Waals surface area contributed by atoms with Crippen molar-refractivity contribution in [2.45, 2.75) is 142 Å². The molecule has 0 saturated carbocycles. The summed E-state index contributed by atoms with van der Waals surface area (Å²) in [7, 11) is 0.668. The molecule has 0 heterocycles. The summed E-state index contributed by atoms with van der Waals surface area (Å²) in [6.07, 6.45) is 28.9. The van der Waals surface area contributed by atoms with Crippen LogP contribution in [0.4, 0.5) is 0 Å². The van der Waals surface area contributed by atoms with E-state index in [1.807, 2.05) is 0 Å². The standard InChI is InChI=1S/C23H48OSi/c1-3-4-5-6-7-8-9-10-11-12-13-14-15-16-17-18-19-20-21-22-23-24-25-2/h3-23H2,1-2H3. The molecule has 0 aliphatic rings. The molecule has 150 valence electrons. The van der Waals surface area contributed by atoms with Crippen LogP contribution < -0.4 is 0 Å². The van der Waals surface area contributed by atoms with E-state index in [2.05, 4.69) is 13.5 Å². The van der Waals surface area contributed by atoms with Gasteiger partial charge in [-0.3, -0.25) is 0 Å². The highest BCUT2D eigenvalue weighted by molar-refractivity contribution is 6.24. The molecule has 0 aliphatic carbocycles. The fraction of sp³-hybridized carbons (Fsp3) is 1.00. The van der Waals surface area contributed by atoms with Crippen LogP contribution in [0.1, 0.15) is 135 Å². The molecule has 0 spiro atoms. The van der Waals surface area contributed by atoms with Crippen LogP contribution in [0, 0.1) is 0 Å². The number of rotatable bonds is 22. The van der Waals surface area contributed by atoms with Gasteiger partial charge in [-0.1, -0.05) is 129 Å². The van der Waals surface area contributed by atoms with E-state index in [0.717, 1.165) is 6.61 Å². The lowest BCUT2D eigenvalue weighted by atomic mass is 10.0. The molecule has 0 bridgehead atoms. The van der Waals surface area contributed by atoms with E-state index in [-0.39, 0.29) is 0 Å². The van der Waals surface area contributed by atoms with Gasteiger partial charge in [0.25, 0.3) is 0 Å². The topological polar surface area (TPSA) is 9.23 Å². The van der Waals surface area contributed by atoms with E-state index in [1.165, 1.54) is 128 Å². The van der Waals surface area contributed by atoms with E-state index in [4.69, 9.17) is 4.43 Å². The smallest absolute Gasteiger partial charge is 0.226 e. The van der Waals surface area contributed by atoms with E-state index >= 15 is 0 Å². The third kappa shape index (κ3) is 24.2. The maximum Gasteiger partial charge on any atom is 0.226 e. The van der Waals surface area contributed by atoms with Gasteiger partial charge in [0, 0.05) is 6.61 Å². The van der Waals surface area contributed by atoms with Crippen LogP contribution in [-0.2, 0) is 4.43 Å². The molecule has 0 aromatic carbocycles. The molecule has 25 heavy (non-hydrogen) atoms. The fourth-order valence-corrected chi connectivity index (χ4v) is 3.88. The summed E-state index contributed by atoms with van der Waals surface area (Å²) in [5.41, 5.74) is 0. The summed E-state index contributed by atoms with van der Waals surface area (Å²) in [5, 5.41) is 0. The Morgan fingerprint density at radius 3 is 1.00 bits per heavy atom. The van der Waals surface area contributed by atoms with Crippen molar-refractivity contribution in [2.24, 2.45) is 0 Å². The molecule has 0 aromatic rings. The van der Waals surface area contributed by atoms with Gasteiger partial charge in [0.1, 0.15) is 0 Å². The minimum Gasteiger partial charge on any atom is -0.418 e. The summed E-state index contributed by atoms with van der Waals surface area (Å²) in [4.78, 5) is 0. The lowest BCUT2D eigenvalue weighted by molar-refractivity contribution is 0.323. The van der Waals surface area contributed by atoms with Gasteiger partial charge in [0.15, 0.2) is 0 Å². The molecule has 1 nitrogen and oxygen atoms in total. The van der Waals surface area contributed by atoms with Gasteiger partial charge in [0.2, 0.25) is 9.76 Å². The third-order valence-electron chi connectivity index (χ3n) is 5.24. The Labute approximate surface area is 163 Å². The summed E-state index contributed by atoms with van der Waals surface area (Å²) >= 11 is 0. The van der Waals surface area contributed by atoms with Crippen molar-refractivity contribution in [1.82, 2.24) is 0 Å². The predicted molar refractivity (Wildman–Crippen MR) is 116 cm³/mol. The monoisotopic (exact) mass is 368 g/mol. The Hall–Kier alpha value is 0.177. The summed E-state index contributed by atoms with van der Waals surface area (Å²) in [5.74, 6) is 0. The van der Waals surface area contributed by atoms with Crippen LogP contribution in [0.25, 0.3) is 0 Å². The highest BCUT2D eigenvalue weighted by atomic mass is 28.2. The van der Waals surface area contributed by atoms with Crippen LogP contribution in [0.3, 0.4) is 0 Å². The zero-order valence-electron chi connectivity index (χ0n) is 17.8. The maximum atomic E-state index is 5.40. The van der Waals surface area contributed by atoms with Crippen molar-refractivity contribution in [3.05, 3.63) is 0 Å². The molecule has 0 atom stereocenters. The van der Waals surface area contributed by atoms with Crippen molar-refractivity contribution in [3.63, 3.8) is 0 Å². The summed E-state index contributed by atoms with van der Waals surface area (Å²) < 4.78 is 5.40. The van der Waals surface area contributed by atoms with Gasteiger partial charge in [-0.15, -0.1) is 0 Å². The normalized spacial score (nSPS) is 11.3. The van der Waals surface area contributed by atoms with Gasteiger partial charge in [0.05, 0.1) is 0 Å². The molecule has 0 saturated heterocycles. The van der Waals surface area contributed by atoms with Crippen molar-refractivity contribution in [3.8, 4) is 0 Å². The van der Waals surface area contributed by atoms with Gasteiger partial charge in [-0.05, 0) is 13.0 Å². The third-order valence-corrected chi connectivity index (χ3v) is 5.74. The molecular weight excluding hydrogens is 320 g/mol. The predicted octanol–water partition coefficient (Wildman–Crippen LogP) is 8.49. The van der Waals surface area contributed by atoms with E-state index in [1.54, 1.807) is 0 Å². The minimum absolute atomic E-state index is 0.668. The largest absolute Gasteiger partial charge is 0.418 e. The van der Waals surface area contributed by atoms with Crippen molar-refractivity contribution in [2.75, 3.05) is 6.61 Å². The van der Waals surface area contributed by atoms with Crippen LogP contribution in [0.5, 0.6) is 0 Å². The van der Waals surface area contributed by atoms with Gasteiger partial charge in [-0.25, -0.2) is 0 Å². The lowest BCUT2D eigenvalue weighted by Gasteiger charge is -2.04. The molecule has 0 N–H and O–H groups in total. The number of hydrogen-bond donors (Lipinski definition) is 0. The zero-order chi connectivity index (χ0) is 18.3. The average Bonchev–Trinajstić information content (AvgIpc) is 2.63. The van der Waals surface area contributed by atoms with Gasteiger partial charge >= 0.3 is 0 Å². The molecule has 0 unspecified atom stereocenters. The minimum atomic E-state index is 0.668. The Morgan fingerprint density at radius 2 is 0.720 bits per heavy atom. The lowest BCUT2D eigenvalue weighted by Crippen LogP contribution is -1.95. The highest BCUT2D eigenvalue weighted by Crippen LogP contribution is 2.14. The average molecular weight is 369 g/mol. The second-order valence-electron chi connectivity index (χ2n) is 7.77. The molecule has 2 heteroatoms. The first-order chi connectivity index (χ1) is 12.4. The highest BCUT2D eigenvalue weighted by Gasteiger charge is 1.95. The van der Waals surface area contributed by atoms with Crippen molar-refractivity contribution in [1.29, 1.82) is 0 Å². The number of hydrogen-bond acceptors (Lipinski definition) is 1. The van der Waals surface area contributed by atoms with Crippen molar-refractivity contribution < 1.29 is 4.43 Å². The quantitative estimate of drug-likeness (QED) is 0.137. The van der Waals surface area contributed by atoms with Crippen LogP contribution in [0.2, 0.25) is 6.55 Å². The first-order valence-corrected chi connectivity index (χ1v) is 13.1. The molecule has 0 aliphatic heterocycles. The molecule has 2 radical (unpaired) electrons. The Kier molecular flexibility index (Phi) is 24.3. The molecule has 0 amide bonds. The number of unbranched alkanes of at least 4 members (excludes halogenated alkanes) is 19. The Balaban J connectivity index is 2.94. The van der Waals surface area contributed by atoms with Crippen molar-refractivity contribution >= 4 is 9.76 Å². The van der Waals surface area contributed by atoms with Gasteiger partial charge in [-0.2, -0.15) is 0 Å². The first kappa shape index (κ1) is 25.2. The summed E-state index contributed by atoms with van der Waals surface area (Å²) in [6.45, 7) is 5.39. The van der Waals surface area contributed by atoms with E-state index in [0.29, 0.717) is 9.76 Å². The van der Waals surface area contributed by atoms with Crippen LogP contribution in [-0.4, -0.2) is 16.4 Å². The summed E-state index contributed by atoms with van der Waals surface area (Å²) in [6, 6.07) is 0. The molecule has 0 rings (SSSR count). The van der Waals surface area contributed by atoms with Crippen LogP contribution >= 0.6 is 0 Å². The first-order valence-electron chi connectivity index (χ1n) is 11.7. The Bertz CT molecular complexity index is 198. The second kappa shape index (κ2) is 24.2. The van der Waals surface area contributed by atoms with E-state index < -0.39 is 0 Å². The molecular formula is C23H48OSi.